The van der Waals surface area contributed by atoms with Crippen molar-refractivity contribution in [2.24, 2.45) is 7.05 Å². The number of pyridine rings is 2. The molecule has 2 heterocycles. The third-order valence-corrected chi connectivity index (χ3v) is 5.54. The summed E-state index contributed by atoms with van der Waals surface area (Å²) in [6, 6.07) is 14.3. The van der Waals surface area contributed by atoms with E-state index in [-0.39, 0.29) is 10.9 Å². The van der Waals surface area contributed by atoms with E-state index in [0.29, 0.717) is 49.6 Å². The second-order valence-corrected chi connectivity index (χ2v) is 7.05. The quantitative estimate of drug-likeness (QED) is 0.470. The number of aromatic nitrogens is 2. The summed E-state index contributed by atoms with van der Waals surface area (Å²) in [7, 11) is 5.03. The molecule has 0 radical (unpaired) electrons. The van der Waals surface area contributed by atoms with Crippen molar-refractivity contribution >= 4 is 43.6 Å². The normalized spacial score (nSPS) is 11.6. The number of fused-ring (bicyclic) bond motifs is 4. The highest BCUT2D eigenvalue weighted by atomic mass is 16.5. The van der Waals surface area contributed by atoms with Gasteiger partial charge in [-0.25, -0.2) is 0 Å². The van der Waals surface area contributed by atoms with Crippen molar-refractivity contribution in [1.82, 2.24) is 9.55 Å². The molecule has 3 aromatic carbocycles. The number of methoxy groups -OCH3 is 2. The van der Waals surface area contributed by atoms with Gasteiger partial charge in [-0.3, -0.25) is 9.59 Å². The minimum atomic E-state index is -0.100. The average Bonchev–Trinajstić information content (AvgIpc) is 2.76. The van der Waals surface area contributed by atoms with E-state index in [1.165, 1.54) is 0 Å². The first kappa shape index (κ1) is 17.3. The van der Waals surface area contributed by atoms with Crippen LogP contribution < -0.4 is 20.3 Å². The van der Waals surface area contributed by atoms with Gasteiger partial charge in [-0.05, 0) is 48.5 Å². The molecule has 0 amide bonds. The number of rotatable bonds is 2. The number of nitrogens with one attached hydrogen (secondary N) is 1. The predicted molar refractivity (Wildman–Crippen MR) is 115 cm³/mol. The maximum absolute atomic E-state index is 13.2. The summed E-state index contributed by atoms with van der Waals surface area (Å²) in [5, 5.41) is 2.20. The molecule has 0 aliphatic heterocycles. The van der Waals surface area contributed by atoms with Crippen LogP contribution >= 0.6 is 0 Å². The van der Waals surface area contributed by atoms with Crippen LogP contribution in [0.3, 0.4) is 0 Å². The number of hydrogen-bond acceptors (Lipinski definition) is 4. The van der Waals surface area contributed by atoms with Gasteiger partial charge in [0.15, 0.2) is 10.9 Å². The lowest BCUT2D eigenvalue weighted by molar-refractivity contribution is 0.415. The van der Waals surface area contributed by atoms with Gasteiger partial charge in [-0.15, -0.1) is 0 Å². The van der Waals surface area contributed by atoms with Crippen LogP contribution in [-0.2, 0) is 7.05 Å². The van der Waals surface area contributed by atoms with Crippen molar-refractivity contribution in [3.63, 3.8) is 0 Å². The van der Waals surface area contributed by atoms with E-state index in [2.05, 4.69) is 4.98 Å². The van der Waals surface area contributed by atoms with Crippen LogP contribution in [0, 0.1) is 0 Å². The average molecular weight is 386 g/mol. The highest BCUT2D eigenvalue weighted by Gasteiger charge is 2.14. The molecule has 6 nitrogen and oxygen atoms in total. The fourth-order valence-electron chi connectivity index (χ4n) is 3.97. The number of nitrogens with zero attached hydrogens (tertiary/aromatic N) is 1. The van der Waals surface area contributed by atoms with Crippen LogP contribution in [0.4, 0.5) is 0 Å². The number of aryl methyl sites for hydroxylation is 1. The third-order valence-electron chi connectivity index (χ3n) is 5.54. The first-order valence-electron chi connectivity index (χ1n) is 9.16. The monoisotopic (exact) mass is 386 g/mol. The smallest absolute Gasteiger partial charge is 0.197 e. The number of H-pyrrole nitrogens is 1. The Hall–Kier alpha value is -3.80. The van der Waals surface area contributed by atoms with Crippen LogP contribution in [0.5, 0.6) is 11.5 Å². The molecule has 1 N–H and O–H groups in total. The number of hydrogen-bond donors (Lipinski definition) is 1. The lowest BCUT2D eigenvalue weighted by Crippen LogP contribution is -2.11. The fraction of sp³-hybridized carbons (Fsp3) is 0.130. The van der Waals surface area contributed by atoms with E-state index in [1.807, 2.05) is 29.8 Å². The molecule has 5 aromatic rings. The molecular weight excluding hydrogens is 368 g/mol. The lowest BCUT2D eigenvalue weighted by atomic mass is 10.0. The Kier molecular flexibility index (Phi) is 3.64. The summed E-state index contributed by atoms with van der Waals surface area (Å²) in [5.74, 6) is 1.25. The maximum atomic E-state index is 13.2. The zero-order valence-corrected chi connectivity index (χ0v) is 16.2. The van der Waals surface area contributed by atoms with E-state index in [1.54, 1.807) is 44.6 Å². The van der Waals surface area contributed by atoms with E-state index in [4.69, 9.17) is 9.47 Å². The van der Waals surface area contributed by atoms with Crippen molar-refractivity contribution in [2.75, 3.05) is 14.2 Å². The molecule has 0 saturated carbocycles. The lowest BCUT2D eigenvalue weighted by Gasteiger charge is -2.13. The van der Waals surface area contributed by atoms with Crippen molar-refractivity contribution in [1.29, 1.82) is 0 Å². The standard InChI is InChI=1S/C23H18N2O4/c1-25-20-7-5-13(29-3)9-16(20)23(27)17-10-19-15(11-21(17)25)22(26)14-8-12(28-2)4-6-18(14)24-19/h4-11H,1-3H3,(H,24,26). The molecule has 0 atom stereocenters. The van der Waals surface area contributed by atoms with Gasteiger partial charge in [-0.1, -0.05) is 0 Å². The summed E-state index contributed by atoms with van der Waals surface area (Å²) < 4.78 is 12.5. The van der Waals surface area contributed by atoms with Crippen LogP contribution in [0.15, 0.2) is 58.1 Å². The molecule has 0 unspecified atom stereocenters. The van der Waals surface area contributed by atoms with Crippen LogP contribution in [0.1, 0.15) is 0 Å². The summed E-state index contributed by atoms with van der Waals surface area (Å²) in [6.45, 7) is 0. The SMILES string of the molecule is COc1ccc2[nH]c3cc4c(=O)c5cc(OC)ccc5n(C)c4cc3c(=O)c2c1. The molecule has 0 aliphatic rings. The highest BCUT2D eigenvalue weighted by Crippen LogP contribution is 2.26. The predicted octanol–water partition coefficient (Wildman–Crippen LogP) is 3.70. The zero-order chi connectivity index (χ0) is 20.3. The molecule has 6 heteroatoms. The van der Waals surface area contributed by atoms with Crippen molar-refractivity contribution in [3.05, 3.63) is 69.0 Å². The molecule has 0 fully saturated rings. The molecule has 0 saturated heterocycles. The molecule has 0 aliphatic carbocycles. The highest BCUT2D eigenvalue weighted by molar-refractivity contribution is 6.03. The first-order chi connectivity index (χ1) is 14.0. The van der Waals surface area contributed by atoms with Crippen LogP contribution in [-0.4, -0.2) is 23.8 Å². The van der Waals surface area contributed by atoms with Gasteiger partial charge in [0, 0.05) is 28.6 Å². The van der Waals surface area contributed by atoms with Gasteiger partial charge in [0.1, 0.15) is 11.5 Å². The summed E-state index contributed by atoms with van der Waals surface area (Å²) in [6.07, 6.45) is 0. The summed E-state index contributed by atoms with van der Waals surface area (Å²) in [5.41, 5.74) is 2.61. The molecule has 29 heavy (non-hydrogen) atoms. The first-order valence-corrected chi connectivity index (χ1v) is 9.16. The zero-order valence-electron chi connectivity index (χ0n) is 16.2. The Bertz CT molecular complexity index is 1580. The largest absolute Gasteiger partial charge is 0.497 e. The van der Waals surface area contributed by atoms with Gasteiger partial charge in [0.2, 0.25) is 0 Å². The molecule has 144 valence electrons. The van der Waals surface area contributed by atoms with E-state index in [0.717, 1.165) is 5.52 Å². The Morgan fingerprint density at radius 1 is 0.690 bits per heavy atom. The van der Waals surface area contributed by atoms with Gasteiger partial charge < -0.3 is 19.0 Å². The number of ether oxygens (including phenoxy) is 2. The number of benzene rings is 3. The van der Waals surface area contributed by atoms with Gasteiger partial charge >= 0.3 is 0 Å². The van der Waals surface area contributed by atoms with E-state index in [9.17, 15) is 9.59 Å². The molecule has 5 rings (SSSR count). The van der Waals surface area contributed by atoms with Crippen LogP contribution in [0.25, 0.3) is 43.6 Å². The topological polar surface area (TPSA) is 73.3 Å². The van der Waals surface area contributed by atoms with Crippen molar-refractivity contribution in [2.45, 2.75) is 0 Å². The molecule has 0 bridgehead atoms. The molecular formula is C23H18N2O4. The minimum Gasteiger partial charge on any atom is -0.497 e. The Morgan fingerprint density at radius 2 is 1.28 bits per heavy atom. The van der Waals surface area contributed by atoms with Gasteiger partial charge in [-0.2, -0.15) is 0 Å². The fourth-order valence-corrected chi connectivity index (χ4v) is 3.97. The Labute approximate surface area is 164 Å². The van der Waals surface area contributed by atoms with Crippen molar-refractivity contribution in [3.8, 4) is 11.5 Å². The van der Waals surface area contributed by atoms with Crippen molar-refractivity contribution < 1.29 is 9.47 Å². The minimum absolute atomic E-state index is 0.0930. The third kappa shape index (κ3) is 2.42. The van der Waals surface area contributed by atoms with E-state index >= 15 is 0 Å². The number of aromatic amines is 1. The van der Waals surface area contributed by atoms with Gasteiger partial charge in [0.05, 0.1) is 36.3 Å². The second kappa shape index (κ2) is 6.10. The summed E-state index contributed by atoms with van der Waals surface area (Å²) >= 11 is 0. The Morgan fingerprint density at radius 3 is 2.00 bits per heavy atom. The molecule has 0 spiro atoms. The Balaban J connectivity index is 1.96. The van der Waals surface area contributed by atoms with Gasteiger partial charge in [0.25, 0.3) is 0 Å². The van der Waals surface area contributed by atoms with Crippen LogP contribution in [0.2, 0.25) is 0 Å². The maximum Gasteiger partial charge on any atom is 0.197 e. The molecule has 2 aromatic heterocycles. The summed E-state index contributed by atoms with van der Waals surface area (Å²) in [4.78, 5) is 29.7. The van der Waals surface area contributed by atoms with E-state index < -0.39 is 0 Å². The second-order valence-electron chi connectivity index (χ2n) is 7.05.